The smallest absolute Gasteiger partial charge is 0.0991 e. The van der Waals surface area contributed by atoms with Gasteiger partial charge in [-0.25, -0.2) is 0 Å². The van der Waals surface area contributed by atoms with Crippen molar-refractivity contribution < 1.29 is 0 Å². The van der Waals surface area contributed by atoms with Gasteiger partial charge in [-0.3, -0.25) is 5.10 Å². The highest BCUT2D eigenvalue weighted by Gasteiger charge is 2.08. The van der Waals surface area contributed by atoms with Gasteiger partial charge in [0.05, 0.1) is 23.3 Å². The molecule has 1 unspecified atom stereocenters. The lowest BCUT2D eigenvalue weighted by atomic mass is 10.1. The summed E-state index contributed by atoms with van der Waals surface area (Å²) in [4.78, 5) is 0. The first kappa shape index (κ1) is 12.2. The van der Waals surface area contributed by atoms with Crippen LogP contribution >= 0.6 is 0 Å². The molecule has 0 saturated heterocycles. The van der Waals surface area contributed by atoms with E-state index in [1.807, 2.05) is 48.7 Å². The summed E-state index contributed by atoms with van der Waals surface area (Å²) in [5, 5.41) is 20.4. The van der Waals surface area contributed by atoms with Crippen molar-refractivity contribution in [2.24, 2.45) is 0 Å². The van der Waals surface area contributed by atoms with Crippen molar-refractivity contribution in [3.63, 3.8) is 0 Å². The molecule has 2 aromatic carbocycles. The maximum atomic E-state index is 8.82. The predicted molar refractivity (Wildman–Crippen MR) is 79.3 cm³/mol. The van der Waals surface area contributed by atoms with Crippen LogP contribution in [0.3, 0.4) is 0 Å². The number of nitriles is 1. The van der Waals surface area contributed by atoms with Gasteiger partial charge in [-0.05, 0) is 36.8 Å². The molecule has 1 atom stereocenters. The molecule has 0 aliphatic carbocycles. The second-order valence-corrected chi connectivity index (χ2v) is 4.74. The molecule has 0 amide bonds. The largest absolute Gasteiger partial charge is 0.378 e. The predicted octanol–water partition coefficient (Wildman–Crippen LogP) is 3.61. The van der Waals surface area contributed by atoms with E-state index in [2.05, 4.69) is 28.5 Å². The molecular weight excluding hydrogens is 248 g/mol. The number of benzene rings is 2. The molecule has 3 rings (SSSR count). The molecule has 4 heteroatoms. The Morgan fingerprint density at radius 2 is 2.00 bits per heavy atom. The van der Waals surface area contributed by atoms with Crippen LogP contribution in [0, 0.1) is 11.3 Å². The lowest BCUT2D eigenvalue weighted by Gasteiger charge is -2.16. The number of fused-ring (bicyclic) bond motifs is 1. The van der Waals surface area contributed by atoms with Crippen LogP contribution < -0.4 is 5.32 Å². The van der Waals surface area contributed by atoms with Crippen LogP contribution in [0.15, 0.2) is 48.7 Å². The number of aromatic nitrogens is 2. The normalized spacial score (nSPS) is 12.0. The van der Waals surface area contributed by atoms with Gasteiger partial charge in [0, 0.05) is 17.1 Å². The summed E-state index contributed by atoms with van der Waals surface area (Å²) in [5.74, 6) is 0. The average Bonchev–Trinajstić information content (AvgIpc) is 2.97. The molecule has 2 N–H and O–H groups in total. The van der Waals surface area contributed by atoms with Crippen LogP contribution in [0.2, 0.25) is 0 Å². The number of nitrogens with one attached hydrogen (secondary N) is 2. The fraction of sp³-hybridized carbons (Fsp3) is 0.125. The number of nitrogens with zero attached hydrogens (tertiary/aromatic N) is 2. The number of aromatic amines is 1. The molecule has 20 heavy (non-hydrogen) atoms. The summed E-state index contributed by atoms with van der Waals surface area (Å²) in [6.45, 7) is 2.10. The van der Waals surface area contributed by atoms with Crippen molar-refractivity contribution in [2.45, 2.75) is 13.0 Å². The first-order chi connectivity index (χ1) is 9.78. The van der Waals surface area contributed by atoms with Gasteiger partial charge < -0.3 is 5.32 Å². The number of hydrogen-bond acceptors (Lipinski definition) is 3. The highest BCUT2D eigenvalue weighted by molar-refractivity contribution is 5.90. The first-order valence-electron chi connectivity index (χ1n) is 6.46. The molecule has 0 bridgehead atoms. The van der Waals surface area contributed by atoms with E-state index >= 15 is 0 Å². The Hall–Kier alpha value is -2.80. The van der Waals surface area contributed by atoms with Gasteiger partial charge in [0.15, 0.2) is 0 Å². The van der Waals surface area contributed by atoms with Gasteiger partial charge in [0.1, 0.15) is 0 Å². The quantitative estimate of drug-likeness (QED) is 0.757. The van der Waals surface area contributed by atoms with Crippen LogP contribution in [0.25, 0.3) is 10.9 Å². The van der Waals surface area contributed by atoms with Crippen molar-refractivity contribution in [1.29, 1.82) is 5.26 Å². The summed E-state index contributed by atoms with van der Waals surface area (Å²) >= 11 is 0. The van der Waals surface area contributed by atoms with E-state index in [0.29, 0.717) is 5.56 Å². The Balaban J connectivity index is 1.86. The number of H-pyrrole nitrogens is 1. The standard InChI is InChI=1S/C16H14N4/c1-11(13-7-5-12(9-17)6-8-13)19-15-3-2-4-16-14(15)10-18-20-16/h2-8,10-11,19H,1H3,(H,18,20). The lowest BCUT2D eigenvalue weighted by molar-refractivity contribution is 0.886. The van der Waals surface area contributed by atoms with Gasteiger partial charge in [0.25, 0.3) is 0 Å². The molecule has 0 aliphatic heterocycles. The maximum absolute atomic E-state index is 8.82. The Morgan fingerprint density at radius 3 is 2.75 bits per heavy atom. The molecular formula is C16H14N4. The van der Waals surface area contributed by atoms with Gasteiger partial charge in [-0.15, -0.1) is 0 Å². The van der Waals surface area contributed by atoms with Crippen molar-refractivity contribution >= 4 is 16.6 Å². The molecule has 0 fully saturated rings. The Labute approximate surface area is 117 Å². The first-order valence-corrected chi connectivity index (χ1v) is 6.46. The molecule has 1 heterocycles. The summed E-state index contributed by atoms with van der Waals surface area (Å²) in [7, 11) is 0. The number of anilines is 1. The van der Waals surface area contributed by atoms with E-state index < -0.39 is 0 Å². The van der Waals surface area contributed by atoms with Crippen molar-refractivity contribution in [3.05, 3.63) is 59.8 Å². The van der Waals surface area contributed by atoms with Crippen molar-refractivity contribution in [1.82, 2.24) is 10.2 Å². The molecule has 3 aromatic rings. The highest BCUT2D eigenvalue weighted by atomic mass is 15.1. The molecule has 0 spiro atoms. The zero-order valence-corrected chi connectivity index (χ0v) is 11.1. The van der Waals surface area contributed by atoms with Gasteiger partial charge in [-0.1, -0.05) is 18.2 Å². The molecule has 4 nitrogen and oxygen atoms in total. The van der Waals surface area contributed by atoms with Crippen LogP contribution in [0.5, 0.6) is 0 Å². The van der Waals surface area contributed by atoms with Crippen molar-refractivity contribution in [3.8, 4) is 6.07 Å². The third kappa shape index (κ3) is 2.21. The van der Waals surface area contributed by atoms with Gasteiger partial charge in [0.2, 0.25) is 0 Å². The topological polar surface area (TPSA) is 64.5 Å². The number of rotatable bonds is 3. The van der Waals surface area contributed by atoms with Gasteiger partial charge in [-0.2, -0.15) is 10.4 Å². The SMILES string of the molecule is CC(Nc1cccc2[nH]ncc12)c1ccc(C#N)cc1. The fourth-order valence-electron chi connectivity index (χ4n) is 2.26. The maximum Gasteiger partial charge on any atom is 0.0991 e. The summed E-state index contributed by atoms with van der Waals surface area (Å²) < 4.78 is 0. The molecule has 0 radical (unpaired) electrons. The average molecular weight is 262 g/mol. The third-order valence-electron chi connectivity index (χ3n) is 3.40. The molecule has 1 aromatic heterocycles. The summed E-state index contributed by atoms with van der Waals surface area (Å²) in [6.07, 6.45) is 1.82. The molecule has 0 aliphatic rings. The zero-order chi connectivity index (χ0) is 13.9. The van der Waals surface area contributed by atoms with Crippen molar-refractivity contribution in [2.75, 3.05) is 5.32 Å². The van der Waals surface area contributed by atoms with Gasteiger partial charge >= 0.3 is 0 Å². The second-order valence-electron chi connectivity index (χ2n) is 4.74. The van der Waals surface area contributed by atoms with Crippen LogP contribution in [0.1, 0.15) is 24.1 Å². The van der Waals surface area contributed by atoms with Crippen LogP contribution in [-0.2, 0) is 0 Å². The van der Waals surface area contributed by atoms with E-state index in [9.17, 15) is 0 Å². The van der Waals surface area contributed by atoms with E-state index in [-0.39, 0.29) is 6.04 Å². The highest BCUT2D eigenvalue weighted by Crippen LogP contribution is 2.25. The molecule has 0 saturated carbocycles. The third-order valence-corrected chi connectivity index (χ3v) is 3.40. The van der Waals surface area contributed by atoms with Crippen LogP contribution in [0.4, 0.5) is 5.69 Å². The van der Waals surface area contributed by atoms with Crippen LogP contribution in [-0.4, -0.2) is 10.2 Å². The lowest BCUT2D eigenvalue weighted by Crippen LogP contribution is -2.06. The minimum absolute atomic E-state index is 0.156. The van der Waals surface area contributed by atoms with E-state index in [4.69, 9.17) is 5.26 Å². The molecule has 98 valence electrons. The Morgan fingerprint density at radius 1 is 1.20 bits per heavy atom. The summed E-state index contributed by atoms with van der Waals surface area (Å²) in [6, 6.07) is 16.0. The second kappa shape index (κ2) is 5.06. The minimum Gasteiger partial charge on any atom is -0.378 e. The van der Waals surface area contributed by atoms with E-state index in [1.54, 1.807) is 0 Å². The van der Waals surface area contributed by atoms with E-state index in [1.165, 1.54) is 0 Å². The number of hydrogen-bond donors (Lipinski definition) is 2. The monoisotopic (exact) mass is 262 g/mol. The fourth-order valence-corrected chi connectivity index (χ4v) is 2.26. The Bertz CT molecular complexity index is 765. The summed E-state index contributed by atoms with van der Waals surface area (Å²) in [5.41, 5.74) is 3.89. The minimum atomic E-state index is 0.156. The Kier molecular flexibility index (Phi) is 3.10. The van der Waals surface area contributed by atoms with E-state index in [0.717, 1.165) is 22.2 Å². The zero-order valence-electron chi connectivity index (χ0n) is 11.1.